The number of benzene rings is 1. The van der Waals surface area contributed by atoms with Crippen molar-refractivity contribution in [2.45, 2.75) is 26.2 Å². The molecule has 0 bridgehead atoms. The molecule has 3 nitrogen and oxygen atoms in total. The first-order valence-corrected chi connectivity index (χ1v) is 6.47. The SMILES string of the molecule is Cc1cnn(-c2cc(F)cc(C3C=NCC3)c2)c1C. The van der Waals surface area contributed by atoms with Crippen LogP contribution in [0.4, 0.5) is 4.39 Å². The third-order valence-corrected chi connectivity index (χ3v) is 3.69. The Morgan fingerprint density at radius 2 is 2.11 bits per heavy atom. The molecule has 1 aliphatic heterocycles. The largest absolute Gasteiger partial charge is 0.297 e. The molecule has 0 amide bonds. The fourth-order valence-corrected chi connectivity index (χ4v) is 2.43. The highest BCUT2D eigenvalue weighted by atomic mass is 19.1. The molecule has 4 heteroatoms. The number of halogens is 1. The Labute approximate surface area is 111 Å². The molecule has 0 spiro atoms. The van der Waals surface area contributed by atoms with E-state index < -0.39 is 0 Å². The second-order valence-electron chi connectivity index (χ2n) is 5.02. The van der Waals surface area contributed by atoms with Crippen molar-refractivity contribution in [3.63, 3.8) is 0 Å². The number of rotatable bonds is 2. The fraction of sp³-hybridized carbons (Fsp3) is 0.333. The first-order chi connectivity index (χ1) is 9.15. The van der Waals surface area contributed by atoms with E-state index in [-0.39, 0.29) is 11.7 Å². The Bertz CT molecular complexity index is 643. The summed E-state index contributed by atoms with van der Waals surface area (Å²) < 4.78 is 15.6. The minimum Gasteiger partial charge on any atom is -0.297 e. The highest BCUT2D eigenvalue weighted by Crippen LogP contribution is 2.25. The predicted molar refractivity (Wildman–Crippen MR) is 73.7 cm³/mol. The Hall–Kier alpha value is -1.97. The average molecular weight is 257 g/mol. The van der Waals surface area contributed by atoms with Crippen molar-refractivity contribution in [3.05, 3.63) is 47.0 Å². The lowest BCUT2D eigenvalue weighted by Gasteiger charge is -2.11. The summed E-state index contributed by atoms with van der Waals surface area (Å²) in [6.45, 7) is 4.82. The monoisotopic (exact) mass is 257 g/mol. The lowest BCUT2D eigenvalue weighted by Crippen LogP contribution is -2.03. The lowest BCUT2D eigenvalue weighted by atomic mass is 9.98. The number of aliphatic imine (C=N–C) groups is 1. The molecule has 0 aliphatic carbocycles. The van der Waals surface area contributed by atoms with E-state index >= 15 is 0 Å². The van der Waals surface area contributed by atoms with Crippen LogP contribution in [0.25, 0.3) is 5.69 Å². The molecule has 0 saturated heterocycles. The molecule has 19 heavy (non-hydrogen) atoms. The summed E-state index contributed by atoms with van der Waals surface area (Å²) in [5.74, 6) is 0.00627. The Kier molecular flexibility index (Phi) is 2.93. The van der Waals surface area contributed by atoms with E-state index in [0.717, 1.165) is 35.5 Å². The fourth-order valence-electron chi connectivity index (χ4n) is 2.43. The minimum absolute atomic E-state index is 0.222. The maximum absolute atomic E-state index is 13.8. The van der Waals surface area contributed by atoms with Gasteiger partial charge in [-0.05, 0) is 49.6 Å². The van der Waals surface area contributed by atoms with Gasteiger partial charge in [0, 0.05) is 24.4 Å². The van der Waals surface area contributed by atoms with Gasteiger partial charge in [-0.25, -0.2) is 9.07 Å². The second-order valence-corrected chi connectivity index (χ2v) is 5.02. The van der Waals surface area contributed by atoms with E-state index in [4.69, 9.17) is 0 Å². The third-order valence-electron chi connectivity index (χ3n) is 3.69. The van der Waals surface area contributed by atoms with E-state index in [1.807, 2.05) is 26.1 Å². The van der Waals surface area contributed by atoms with E-state index in [0.29, 0.717) is 0 Å². The van der Waals surface area contributed by atoms with Crippen molar-refractivity contribution in [1.82, 2.24) is 9.78 Å². The molecule has 1 atom stereocenters. The number of hydrogen-bond acceptors (Lipinski definition) is 2. The number of nitrogens with zero attached hydrogens (tertiary/aromatic N) is 3. The molecule has 0 saturated carbocycles. The van der Waals surface area contributed by atoms with Crippen LogP contribution < -0.4 is 0 Å². The van der Waals surface area contributed by atoms with Crippen LogP contribution in [0.1, 0.15) is 29.2 Å². The quantitative estimate of drug-likeness (QED) is 0.812. The number of aryl methyl sites for hydroxylation is 1. The maximum Gasteiger partial charge on any atom is 0.125 e. The van der Waals surface area contributed by atoms with Gasteiger partial charge in [0.05, 0.1) is 11.9 Å². The normalized spacial score (nSPS) is 18.2. The summed E-state index contributed by atoms with van der Waals surface area (Å²) in [4.78, 5) is 4.23. The predicted octanol–water partition coefficient (Wildman–Crippen LogP) is 3.19. The topological polar surface area (TPSA) is 30.2 Å². The summed E-state index contributed by atoms with van der Waals surface area (Å²) in [6.07, 6.45) is 4.68. The van der Waals surface area contributed by atoms with Crippen LogP contribution in [0.3, 0.4) is 0 Å². The van der Waals surface area contributed by atoms with E-state index in [1.165, 1.54) is 6.07 Å². The van der Waals surface area contributed by atoms with Gasteiger partial charge in [-0.2, -0.15) is 5.10 Å². The molecule has 0 radical (unpaired) electrons. The molecule has 2 heterocycles. The summed E-state index contributed by atoms with van der Waals surface area (Å²) in [7, 11) is 0. The van der Waals surface area contributed by atoms with Crippen LogP contribution in [0.2, 0.25) is 0 Å². The van der Waals surface area contributed by atoms with Crippen molar-refractivity contribution < 1.29 is 4.39 Å². The average Bonchev–Trinajstić information content (AvgIpc) is 3.01. The highest BCUT2D eigenvalue weighted by molar-refractivity contribution is 5.70. The van der Waals surface area contributed by atoms with Crippen molar-refractivity contribution >= 4 is 6.21 Å². The summed E-state index contributed by atoms with van der Waals surface area (Å²) >= 11 is 0. The molecule has 1 aromatic carbocycles. The zero-order chi connectivity index (χ0) is 13.4. The Morgan fingerprint density at radius 3 is 2.74 bits per heavy atom. The third kappa shape index (κ3) is 2.18. The first-order valence-electron chi connectivity index (χ1n) is 6.47. The molecular formula is C15H16FN3. The van der Waals surface area contributed by atoms with Crippen LogP contribution in [-0.4, -0.2) is 22.5 Å². The minimum atomic E-state index is -0.222. The van der Waals surface area contributed by atoms with Gasteiger partial charge in [0.2, 0.25) is 0 Å². The molecule has 0 fully saturated rings. The molecular weight excluding hydrogens is 241 g/mol. The van der Waals surface area contributed by atoms with Gasteiger partial charge in [-0.1, -0.05) is 0 Å². The highest BCUT2D eigenvalue weighted by Gasteiger charge is 2.16. The summed E-state index contributed by atoms with van der Waals surface area (Å²) in [6, 6.07) is 5.12. The van der Waals surface area contributed by atoms with Gasteiger partial charge >= 0.3 is 0 Å². The second kappa shape index (κ2) is 4.61. The standard InChI is InChI=1S/C15H16FN3/c1-10-8-18-19(11(10)2)15-6-13(5-14(16)7-15)12-3-4-17-9-12/h5-9,12H,3-4H2,1-2H3. The van der Waals surface area contributed by atoms with Crippen LogP contribution in [-0.2, 0) is 0 Å². The van der Waals surface area contributed by atoms with Crippen LogP contribution in [0.5, 0.6) is 0 Å². The van der Waals surface area contributed by atoms with Crippen LogP contribution >= 0.6 is 0 Å². The van der Waals surface area contributed by atoms with Crippen molar-refractivity contribution in [2.24, 2.45) is 4.99 Å². The zero-order valence-corrected chi connectivity index (χ0v) is 11.1. The van der Waals surface area contributed by atoms with E-state index in [2.05, 4.69) is 10.1 Å². The van der Waals surface area contributed by atoms with Crippen molar-refractivity contribution in [1.29, 1.82) is 0 Å². The summed E-state index contributed by atoms with van der Waals surface area (Å²) in [5, 5.41) is 4.31. The van der Waals surface area contributed by atoms with Gasteiger partial charge in [0.25, 0.3) is 0 Å². The van der Waals surface area contributed by atoms with Crippen molar-refractivity contribution in [3.8, 4) is 5.69 Å². The molecule has 0 N–H and O–H groups in total. The van der Waals surface area contributed by atoms with Gasteiger partial charge < -0.3 is 0 Å². The number of aromatic nitrogens is 2. The molecule has 1 aliphatic rings. The lowest BCUT2D eigenvalue weighted by molar-refractivity contribution is 0.621. The molecule has 98 valence electrons. The molecule has 1 unspecified atom stereocenters. The Morgan fingerprint density at radius 1 is 1.26 bits per heavy atom. The molecule has 3 rings (SSSR count). The summed E-state index contributed by atoms with van der Waals surface area (Å²) in [5.41, 5.74) is 3.90. The van der Waals surface area contributed by atoms with Gasteiger partial charge in [0.15, 0.2) is 0 Å². The van der Waals surface area contributed by atoms with Gasteiger partial charge in [-0.15, -0.1) is 0 Å². The van der Waals surface area contributed by atoms with Crippen LogP contribution in [0, 0.1) is 19.7 Å². The van der Waals surface area contributed by atoms with Crippen LogP contribution in [0.15, 0.2) is 29.4 Å². The van der Waals surface area contributed by atoms with Gasteiger partial charge in [-0.3, -0.25) is 4.99 Å². The van der Waals surface area contributed by atoms with Gasteiger partial charge in [0.1, 0.15) is 5.82 Å². The van der Waals surface area contributed by atoms with E-state index in [9.17, 15) is 4.39 Å². The molecule has 2 aromatic rings. The van der Waals surface area contributed by atoms with E-state index in [1.54, 1.807) is 16.9 Å². The molecule has 1 aromatic heterocycles. The van der Waals surface area contributed by atoms with Crippen molar-refractivity contribution in [2.75, 3.05) is 6.54 Å². The zero-order valence-electron chi connectivity index (χ0n) is 11.1. The first kappa shape index (κ1) is 12.1. The maximum atomic E-state index is 13.8. The Balaban J connectivity index is 2.07. The number of hydrogen-bond donors (Lipinski definition) is 0. The smallest absolute Gasteiger partial charge is 0.125 e.